The SMILES string of the molecule is N#Cc1cc(NCC2CCN(C3CC3)C2)ccc1[N+](=O)[O-]. The molecule has 3 rings (SSSR count). The summed E-state index contributed by atoms with van der Waals surface area (Å²) in [5.41, 5.74) is 0.752. The van der Waals surface area contributed by atoms with Gasteiger partial charge in [0.15, 0.2) is 0 Å². The van der Waals surface area contributed by atoms with Crippen molar-refractivity contribution in [3.8, 4) is 6.07 Å². The summed E-state index contributed by atoms with van der Waals surface area (Å²) in [6, 6.07) is 7.33. The summed E-state index contributed by atoms with van der Waals surface area (Å²) in [6.45, 7) is 3.17. The van der Waals surface area contributed by atoms with Gasteiger partial charge in [0, 0.05) is 30.9 Å². The van der Waals surface area contributed by atoms with Gasteiger partial charge in [-0.15, -0.1) is 0 Å². The van der Waals surface area contributed by atoms with Gasteiger partial charge in [-0.1, -0.05) is 0 Å². The number of nitro groups is 1. The molecule has 1 N–H and O–H groups in total. The first-order chi connectivity index (χ1) is 10.2. The lowest BCUT2D eigenvalue weighted by molar-refractivity contribution is -0.385. The van der Waals surface area contributed by atoms with Gasteiger partial charge in [0.2, 0.25) is 0 Å². The maximum absolute atomic E-state index is 10.8. The van der Waals surface area contributed by atoms with Gasteiger partial charge in [-0.2, -0.15) is 5.26 Å². The average molecular weight is 286 g/mol. The molecule has 1 aliphatic carbocycles. The van der Waals surface area contributed by atoms with E-state index in [1.807, 2.05) is 6.07 Å². The largest absolute Gasteiger partial charge is 0.385 e. The lowest BCUT2D eigenvalue weighted by atomic mass is 10.1. The summed E-state index contributed by atoms with van der Waals surface area (Å²) in [4.78, 5) is 12.8. The molecule has 1 heterocycles. The highest BCUT2D eigenvalue weighted by molar-refractivity contribution is 5.58. The predicted molar refractivity (Wildman–Crippen MR) is 79.0 cm³/mol. The van der Waals surface area contributed by atoms with E-state index in [1.165, 1.54) is 31.9 Å². The first-order valence-electron chi connectivity index (χ1n) is 7.34. The number of likely N-dealkylation sites (tertiary alicyclic amines) is 1. The van der Waals surface area contributed by atoms with Gasteiger partial charge in [0.1, 0.15) is 11.6 Å². The van der Waals surface area contributed by atoms with Gasteiger partial charge < -0.3 is 10.2 Å². The van der Waals surface area contributed by atoms with Crippen LogP contribution in [0.15, 0.2) is 18.2 Å². The monoisotopic (exact) mass is 286 g/mol. The van der Waals surface area contributed by atoms with Crippen molar-refractivity contribution in [1.29, 1.82) is 5.26 Å². The van der Waals surface area contributed by atoms with Crippen LogP contribution >= 0.6 is 0 Å². The van der Waals surface area contributed by atoms with E-state index in [0.717, 1.165) is 24.8 Å². The third kappa shape index (κ3) is 3.14. The molecule has 1 unspecified atom stereocenters. The molecule has 2 aliphatic rings. The molecule has 0 aromatic heterocycles. The van der Waals surface area contributed by atoms with Crippen LogP contribution in [0.1, 0.15) is 24.8 Å². The maximum Gasteiger partial charge on any atom is 0.287 e. The number of benzene rings is 1. The third-order valence-corrected chi connectivity index (χ3v) is 4.29. The number of rotatable bonds is 5. The highest BCUT2D eigenvalue weighted by Gasteiger charge is 2.34. The van der Waals surface area contributed by atoms with Gasteiger partial charge >= 0.3 is 0 Å². The molecule has 110 valence electrons. The van der Waals surface area contributed by atoms with Crippen molar-refractivity contribution < 1.29 is 4.92 Å². The molecule has 1 aromatic rings. The van der Waals surface area contributed by atoms with E-state index < -0.39 is 4.92 Å². The quantitative estimate of drug-likeness (QED) is 0.663. The van der Waals surface area contributed by atoms with Crippen LogP contribution in [0.25, 0.3) is 0 Å². The Morgan fingerprint density at radius 2 is 2.24 bits per heavy atom. The van der Waals surface area contributed by atoms with E-state index in [1.54, 1.807) is 12.1 Å². The van der Waals surface area contributed by atoms with Crippen LogP contribution in [0.4, 0.5) is 11.4 Å². The minimum absolute atomic E-state index is 0.107. The summed E-state index contributed by atoms with van der Waals surface area (Å²) in [5, 5.41) is 23.1. The zero-order chi connectivity index (χ0) is 14.8. The fourth-order valence-corrected chi connectivity index (χ4v) is 2.96. The Labute approximate surface area is 123 Å². The smallest absolute Gasteiger partial charge is 0.287 e. The summed E-state index contributed by atoms with van der Waals surface area (Å²) < 4.78 is 0. The summed E-state index contributed by atoms with van der Waals surface area (Å²) in [5.74, 6) is 0.617. The minimum Gasteiger partial charge on any atom is -0.385 e. The van der Waals surface area contributed by atoms with Gasteiger partial charge in [-0.25, -0.2) is 0 Å². The number of nitro benzene ring substituents is 1. The van der Waals surface area contributed by atoms with Crippen LogP contribution < -0.4 is 5.32 Å². The van der Waals surface area contributed by atoms with Crippen LogP contribution in [0.2, 0.25) is 0 Å². The minimum atomic E-state index is -0.521. The molecule has 6 heteroatoms. The van der Waals surface area contributed by atoms with Crippen molar-refractivity contribution in [1.82, 2.24) is 4.90 Å². The molecule has 1 atom stereocenters. The number of nitrogens with one attached hydrogen (secondary N) is 1. The van der Waals surface area contributed by atoms with E-state index in [9.17, 15) is 10.1 Å². The Morgan fingerprint density at radius 1 is 1.43 bits per heavy atom. The average Bonchev–Trinajstić information content (AvgIpc) is 3.23. The second-order valence-electron chi connectivity index (χ2n) is 5.86. The van der Waals surface area contributed by atoms with E-state index in [-0.39, 0.29) is 11.3 Å². The lowest BCUT2D eigenvalue weighted by Crippen LogP contribution is -2.24. The topological polar surface area (TPSA) is 82.2 Å². The Balaban J connectivity index is 1.58. The van der Waals surface area contributed by atoms with Crippen molar-refractivity contribution in [2.75, 3.05) is 25.0 Å². The van der Waals surface area contributed by atoms with E-state index in [0.29, 0.717) is 5.92 Å². The molecule has 1 saturated heterocycles. The molecular formula is C15H18N4O2. The first-order valence-corrected chi connectivity index (χ1v) is 7.34. The molecule has 21 heavy (non-hydrogen) atoms. The van der Waals surface area contributed by atoms with Crippen molar-refractivity contribution >= 4 is 11.4 Å². The molecule has 0 spiro atoms. The van der Waals surface area contributed by atoms with Gasteiger partial charge in [-0.05, 0) is 43.9 Å². The molecule has 1 saturated carbocycles. The van der Waals surface area contributed by atoms with Crippen LogP contribution in [-0.4, -0.2) is 35.5 Å². The number of hydrogen-bond donors (Lipinski definition) is 1. The van der Waals surface area contributed by atoms with E-state index in [4.69, 9.17) is 5.26 Å². The Hall–Kier alpha value is -2.13. The standard InChI is InChI=1S/C15H18N4O2/c16-8-12-7-13(1-4-15(12)19(20)21)17-9-11-5-6-18(10-11)14-2-3-14/h1,4,7,11,14,17H,2-3,5-6,9-10H2. The van der Waals surface area contributed by atoms with Crippen molar-refractivity contribution in [2.24, 2.45) is 5.92 Å². The molecule has 0 radical (unpaired) electrons. The highest BCUT2D eigenvalue weighted by atomic mass is 16.6. The van der Waals surface area contributed by atoms with Crippen LogP contribution in [0, 0.1) is 27.4 Å². The molecule has 2 fully saturated rings. The highest BCUT2D eigenvalue weighted by Crippen LogP contribution is 2.32. The Kier molecular flexibility index (Phi) is 3.76. The summed E-state index contributed by atoms with van der Waals surface area (Å²) in [7, 11) is 0. The summed E-state index contributed by atoms with van der Waals surface area (Å²) in [6.07, 6.45) is 3.88. The number of hydrogen-bond acceptors (Lipinski definition) is 5. The Bertz CT molecular complexity index is 592. The molecule has 0 amide bonds. The van der Waals surface area contributed by atoms with Crippen LogP contribution in [0.3, 0.4) is 0 Å². The van der Waals surface area contributed by atoms with Gasteiger partial charge in [0.05, 0.1) is 4.92 Å². The van der Waals surface area contributed by atoms with Crippen molar-refractivity contribution in [3.63, 3.8) is 0 Å². The third-order valence-electron chi connectivity index (χ3n) is 4.29. The molecule has 0 bridgehead atoms. The lowest BCUT2D eigenvalue weighted by Gasteiger charge is -2.15. The predicted octanol–water partition coefficient (Wildman–Crippen LogP) is 2.36. The molecule has 1 aliphatic heterocycles. The zero-order valence-corrected chi connectivity index (χ0v) is 11.8. The van der Waals surface area contributed by atoms with Crippen molar-refractivity contribution in [3.05, 3.63) is 33.9 Å². The molecule has 1 aromatic carbocycles. The summed E-state index contributed by atoms with van der Waals surface area (Å²) >= 11 is 0. The molecule has 6 nitrogen and oxygen atoms in total. The van der Waals surface area contributed by atoms with Crippen molar-refractivity contribution in [2.45, 2.75) is 25.3 Å². The molecular weight excluding hydrogens is 268 g/mol. The van der Waals surface area contributed by atoms with Crippen LogP contribution in [0.5, 0.6) is 0 Å². The number of nitriles is 1. The first kappa shape index (κ1) is 13.8. The fourth-order valence-electron chi connectivity index (χ4n) is 2.96. The zero-order valence-electron chi connectivity index (χ0n) is 11.8. The maximum atomic E-state index is 10.8. The van der Waals surface area contributed by atoms with Gasteiger partial charge in [0.25, 0.3) is 5.69 Å². The Morgan fingerprint density at radius 3 is 2.90 bits per heavy atom. The normalized spacial score (nSPS) is 22.0. The van der Waals surface area contributed by atoms with Crippen LogP contribution in [-0.2, 0) is 0 Å². The number of anilines is 1. The fraction of sp³-hybridized carbons (Fsp3) is 0.533. The second-order valence-corrected chi connectivity index (χ2v) is 5.86. The van der Waals surface area contributed by atoms with E-state index in [2.05, 4.69) is 10.2 Å². The number of nitrogens with zero attached hydrogens (tertiary/aromatic N) is 3. The second kappa shape index (κ2) is 5.70. The van der Waals surface area contributed by atoms with E-state index >= 15 is 0 Å². The van der Waals surface area contributed by atoms with Gasteiger partial charge in [-0.3, -0.25) is 10.1 Å².